The molecule has 1 aliphatic carbocycles. The van der Waals surface area contributed by atoms with Crippen molar-refractivity contribution in [3.8, 4) is 0 Å². The van der Waals surface area contributed by atoms with E-state index in [0.717, 1.165) is 42.5 Å². The maximum Gasteiger partial charge on any atom is 0.230 e. The van der Waals surface area contributed by atoms with Gasteiger partial charge < -0.3 is 11.1 Å². The first-order chi connectivity index (χ1) is 8.42. The Kier molecular flexibility index (Phi) is 3.33. The fraction of sp³-hybridized carbons (Fsp3) is 0.533. The summed E-state index contributed by atoms with van der Waals surface area (Å²) in [6, 6.07) is 3.88. The van der Waals surface area contributed by atoms with Gasteiger partial charge in [0.25, 0.3) is 0 Å². The number of carbonyl (C=O) groups is 1. The molecule has 18 heavy (non-hydrogen) atoms. The minimum absolute atomic E-state index is 0.106. The molecule has 0 atom stereocenters. The van der Waals surface area contributed by atoms with Gasteiger partial charge >= 0.3 is 0 Å². The first kappa shape index (κ1) is 12.9. The van der Waals surface area contributed by atoms with Gasteiger partial charge in [0.05, 0.1) is 11.4 Å². The Morgan fingerprint density at radius 2 is 1.78 bits per heavy atom. The Bertz CT molecular complexity index is 474. The molecule has 2 rings (SSSR count). The number of benzene rings is 1. The van der Waals surface area contributed by atoms with Crippen LogP contribution in [0.4, 0.5) is 11.4 Å². The van der Waals surface area contributed by atoms with E-state index in [9.17, 15) is 4.79 Å². The summed E-state index contributed by atoms with van der Waals surface area (Å²) in [6.07, 6.45) is 4.24. The van der Waals surface area contributed by atoms with Gasteiger partial charge in [-0.05, 0) is 49.9 Å². The van der Waals surface area contributed by atoms with E-state index in [1.54, 1.807) is 0 Å². The fourth-order valence-electron chi connectivity index (χ4n) is 2.60. The predicted octanol–water partition coefficient (Wildman–Crippen LogP) is 3.40. The van der Waals surface area contributed by atoms with Crippen LogP contribution < -0.4 is 11.1 Å². The molecule has 0 saturated heterocycles. The van der Waals surface area contributed by atoms with Crippen molar-refractivity contribution in [1.82, 2.24) is 0 Å². The van der Waals surface area contributed by atoms with Gasteiger partial charge in [0.1, 0.15) is 0 Å². The van der Waals surface area contributed by atoms with Crippen LogP contribution in [0.2, 0.25) is 0 Å². The van der Waals surface area contributed by atoms with Crippen LogP contribution in [0.15, 0.2) is 12.1 Å². The first-order valence-corrected chi connectivity index (χ1v) is 6.60. The molecule has 0 aromatic heterocycles. The van der Waals surface area contributed by atoms with Crippen LogP contribution in [0.5, 0.6) is 0 Å². The zero-order chi connectivity index (χ0) is 13.3. The van der Waals surface area contributed by atoms with Crippen molar-refractivity contribution in [2.24, 2.45) is 5.41 Å². The van der Waals surface area contributed by atoms with Crippen molar-refractivity contribution in [3.05, 3.63) is 23.3 Å². The molecule has 0 bridgehead atoms. The molecule has 0 radical (unpaired) electrons. The lowest BCUT2D eigenvalue weighted by molar-refractivity contribution is -0.124. The number of nitrogens with one attached hydrogen (secondary N) is 1. The molecule has 0 heterocycles. The van der Waals surface area contributed by atoms with Gasteiger partial charge in [-0.25, -0.2) is 0 Å². The van der Waals surface area contributed by atoms with Crippen LogP contribution in [0.3, 0.4) is 0 Å². The number of hydrogen-bond acceptors (Lipinski definition) is 2. The maximum absolute atomic E-state index is 12.3. The molecule has 98 valence electrons. The minimum atomic E-state index is -0.217. The average molecular weight is 246 g/mol. The van der Waals surface area contributed by atoms with E-state index in [0.29, 0.717) is 5.69 Å². The maximum atomic E-state index is 12.3. The second-order valence-corrected chi connectivity index (χ2v) is 5.75. The van der Waals surface area contributed by atoms with Crippen LogP contribution >= 0.6 is 0 Å². The molecule has 1 aromatic carbocycles. The highest BCUT2D eigenvalue weighted by atomic mass is 16.2. The molecule has 0 aliphatic heterocycles. The van der Waals surface area contributed by atoms with Crippen molar-refractivity contribution in [2.75, 3.05) is 11.1 Å². The van der Waals surface area contributed by atoms with Crippen molar-refractivity contribution < 1.29 is 4.79 Å². The topological polar surface area (TPSA) is 55.1 Å². The number of hydrogen-bond donors (Lipinski definition) is 2. The third-order valence-corrected chi connectivity index (χ3v) is 4.17. The number of nitrogen functional groups attached to an aromatic ring is 1. The lowest BCUT2D eigenvalue weighted by atomic mass is 9.87. The minimum Gasteiger partial charge on any atom is -0.397 e. The summed E-state index contributed by atoms with van der Waals surface area (Å²) in [5.41, 5.74) is 9.44. The SMILES string of the molecule is Cc1cc(N)c(NC(=O)C2(C)CCCC2)cc1C. The van der Waals surface area contributed by atoms with Gasteiger partial charge in [0.2, 0.25) is 5.91 Å². The summed E-state index contributed by atoms with van der Waals surface area (Å²) in [7, 11) is 0. The van der Waals surface area contributed by atoms with Gasteiger partial charge in [0, 0.05) is 5.41 Å². The normalized spacial score (nSPS) is 17.7. The number of aryl methyl sites for hydroxylation is 2. The molecule has 1 saturated carbocycles. The molecule has 1 fully saturated rings. The molecule has 1 aromatic rings. The zero-order valence-corrected chi connectivity index (χ0v) is 11.5. The number of anilines is 2. The summed E-state index contributed by atoms with van der Waals surface area (Å²) in [6.45, 7) is 6.10. The highest BCUT2D eigenvalue weighted by Crippen LogP contribution is 2.39. The summed E-state index contributed by atoms with van der Waals surface area (Å²) in [5, 5.41) is 3.00. The zero-order valence-electron chi connectivity index (χ0n) is 11.5. The lowest BCUT2D eigenvalue weighted by Crippen LogP contribution is -2.31. The second-order valence-electron chi connectivity index (χ2n) is 5.75. The highest BCUT2D eigenvalue weighted by molar-refractivity contribution is 5.97. The number of nitrogens with two attached hydrogens (primary N) is 1. The third-order valence-electron chi connectivity index (χ3n) is 4.17. The van der Waals surface area contributed by atoms with E-state index in [4.69, 9.17) is 5.73 Å². The fourth-order valence-corrected chi connectivity index (χ4v) is 2.60. The number of amides is 1. The molecule has 0 unspecified atom stereocenters. The first-order valence-electron chi connectivity index (χ1n) is 6.60. The van der Waals surface area contributed by atoms with E-state index in [2.05, 4.69) is 5.32 Å². The van der Waals surface area contributed by atoms with Crippen LogP contribution in [0.1, 0.15) is 43.7 Å². The Morgan fingerprint density at radius 3 is 2.39 bits per heavy atom. The molecule has 0 spiro atoms. The van der Waals surface area contributed by atoms with Gasteiger partial charge in [-0.2, -0.15) is 0 Å². The van der Waals surface area contributed by atoms with E-state index in [1.807, 2.05) is 32.9 Å². The van der Waals surface area contributed by atoms with Crippen molar-refractivity contribution in [3.63, 3.8) is 0 Å². The molecule has 3 nitrogen and oxygen atoms in total. The van der Waals surface area contributed by atoms with Gasteiger partial charge in [-0.15, -0.1) is 0 Å². The average Bonchev–Trinajstić information content (AvgIpc) is 2.74. The Hall–Kier alpha value is -1.51. The Morgan fingerprint density at radius 1 is 1.22 bits per heavy atom. The van der Waals surface area contributed by atoms with Crippen LogP contribution in [-0.4, -0.2) is 5.91 Å². The van der Waals surface area contributed by atoms with Gasteiger partial charge in [-0.3, -0.25) is 4.79 Å². The molecule has 3 heteroatoms. The lowest BCUT2D eigenvalue weighted by Gasteiger charge is -2.23. The molecule has 1 aliphatic rings. The van der Waals surface area contributed by atoms with E-state index in [-0.39, 0.29) is 11.3 Å². The van der Waals surface area contributed by atoms with Crippen LogP contribution in [-0.2, 0) is 4.79 Å². The van der Waals surface area contributed by atoms with E-state index >= 15 is 0 Å². The summed E-state index contributed by atoms with van der Waals surface area (Å²) < 4.78 is 0. The second kappa shape index (κ2) is 4.63. The quantitative estimate of drug-likeness (QED) is 0.786. The monoisotopic (exact) mass is 246 g/mol. The van der Waals surface area contributed by atoms with Gasteiger partial charge in [0.15, 0.2) is 0 Å². The summed E-state index contributed by atoms with van der Waals surface area (Å²) in [5.74, 6) is 0.106. The summed E-state index contributed by atoms with van der Waals surface area (Å²) >= 11 is 0. The predicted molar refractivity (Wildman–Crippen MR) is 75.5 cm³/mol. The van der Waals surface area contributed by atoms with Gasteiger partial charge in [-0.1, -0.05) is 19.8 Å². The van der Waals surface area contributed by atoms with Crippen molar-refractivity contribution in [2.45, 2.75) is 46.5 Å². The van der Waals surface area contributed by atoms with E-state index in [1.165, 1.54) is 0 Å². The summed E-state index contributed by atoms with van der Waals surface area (Å²) in [4.78, 5) is 12.3. The smallest absolute Gasteiger partial charge is 0.230 e. The Balaban J connectivity index is 2.19. The largest absolute Gasteiger partial charge is 0.397 e. The highest BCUT2D eigenvalue weighted by Gasteiger charge is 2.36. The molecular weight excluding hydrogens is 224 g/mol. The van der Waals surface area contributed by atoms with Crippen LogP contribution in [0.25, 0.3) is 0 Å². The standard InChI is InChI=1S/C15H22N2O/c1-10-8-12(16)13(9-11(10)2)17-14(18)15(3)6-4-5-7-15/h8-9H,4-7,16H2,1-3H3,(H,17,18). The van der Waals surface area contributed by atoms with Crippen molar-refractivity contribution in [1.29, 1.82) is 0 Å². The third kappa shape index (κ3) is 2.35. The van der Waals surface area contributed by atoms with E-state index < -0.39 is 0 Å². The molecule has 1 amide bonds. The molecule has 3 N–H and O–H groups in total. The van der Waals surface area contributed by atoms with Crippen LogP contribution in [0, 0.1) is 19.3 Å². The van der Waals surface area contributed by atoms with Crippen molar-refractivity contribution >= 4 is 17.3 Å². The number of rotatable bonds is 2. The molecular formula is C15H22N2O. The number of carbonyl (C=O) groups excluding carboxylic acids is 1. The Labute approximate surface area is 109 Å².